The van der Waals surface area contributed by atoms with Crippen LogP contribution in [0.4, 0.5) is 0 Å². The first-order valence-corrected chi connectivity index (χ1v) is 11.9. The number of piperidine rings is 1. The van der Waals surface area contributed by atoms with Gasteiger partial charge in [0.05, 0.1) is 12.7 Å². The number of nitrogens with one attached hydrogen (secondary N) is 1. The molecule has 0 aliphatic carbocycles. The second kappa shape index (κ2) is 8.77. The van der Waals surface area contributed by atoms with Gasteiger partial charge in [0.2, 0.25) is 5.91 Å². The number of aromatic nitrogens is 1. The third-order valence-electron chi connectivity index (χ3n) is 7.54. The molecule has 1 aromatic heterocycles. The lowest BCUT2D eigenvalue weighted by Gasteiger charge is -2.46. The number of methoxy groups -OCH3 is 1. The van der Waals surface area contributed by atoms with Crippen LogP contribution in [-0.2, 0) is 9.53 Å². The molecule has 1 N–H and O–H groups in total. The number of hydrogen-bond acceptors (Lipinski definition) is 4. The summed E-state index contributed by atoms with van der Waals surface area (Å²) in [5, 5.41) is 1.00. The molecule has 2 aromatic rings. The van der Waals surface area contributed by atoms with Crippen molar-refractivity contribution < 1.29 is 19.1 Å². The average molecular weight is 440 g/mol. The molecule has 7 nitrogen and oxygen atoms in total. The van der Waals surface area contributed by atoms with Crippen molar-refractivity contribution in [3.63, 3.8) is 0 Å². The highest BCUT2D eigenvalue weighted by atomic mass is 16.5. The van der Waals surface area contributed by atoms with Crippen LogP contribution in [0.2, 0.25) is 0 Å². The summed E-state index contributed by atoms with van der Waals surface area (Å²) in [5.41, 5.74) is 1.34. The van der Waals surface area contributed by atoms with Crippen LogP contribution >= 0.6 is 0 Å². The maximum absolute atomic E-state index is 13.1. The summed E-state index contributed by atoms with van der Waals surface area (Å²) in [6.07, 6.45) is 6.48. The third-order valence-corrected chi connectivity index (χ3v) is 7.54. The standard InChI is InChI=1S/C25H33N3O4/c1-31-20-5-4-19-15-22(26-21(19)16-20)24(30)28-11-7-25(8-12-28)17-18(6-13-32-25)14-23(29)27-9-2-3-10-27/h4-5,15-16,18,26H,2-3,6-14,17H2,1H3. The first-order chi connectivity index (χ1) is 15.5. The summed E-state index contributed by atoms with van der Waals surface area (Å²) in [5.74, 6) is 1.51. The quantitative estimate of drug-likeness (QED) is 0.790. The van der Waals surface area contributed by atoms with Gasteiger partial charge in [-0.2, -0.15) is 0 Å². The van der Waals surface area contributed by atoms with E-state index in [1.807, 2.05) is 34.1 Å². The number of carbonyl (C=O) groups excluding carboxylic acids is 2. The molecule has 0 saturated carbocycles. The van der Waals surface area contributed by atoms with E-state index < -0.39 is 0 Å². The Morgan fingerprint density at radius 2 is 1.91 bits per heavy atom. The van der Waals surface area contributed by atoms with Gasteiger partial charge in [-0.25, -0.2) is 0 Å². The van der Waals surface area contributed by atoms with Gasteiger partial charge in [-0.05, 0) is 62.6 Å². The Kier molecular flexibility index (Phi) is 5.84. The summed E-state index contributed by atoms with van der Waals surface area (Å²) >= 11 is 0. The number of ether oxygens (including phenoxy) is 2. The minimum Gasteiger partial charge on any atom is -0.497 e. The number of rotatable bonds is 4. The number of carbonyl (C=O) groups is 2. The highest BCUT2D eigenvalue weighted by Gasteiger charge is 2.42. The minimum absolute atomic E-state index is 0.0339. The second-order valence-corrected chi connectivity index (χ2v) is 9.61. The normalized spacial score (nSPS) is 23.1. The Morgan fingerprint density at radius 3 is 2.66 bits per heavy atom. The van der Waals surface area contributed by atoms with Gasteiger partial charge in [0.15, 0.2) is 0 Å². The monoisotopic (exact) mass is 439 g/mol. The number of aromatic amines is 1. The fourth-order valence-electron chi connectivity index (χ4n) is 5.63. The number of benzene rings is 1. The summed E-state index contributed by atoms with van der Waals surface area (Å²) in [6, 6.07) is 7.70. The van der Waals surface area contributed by atoms with Crippen molar-refractivity contribution in [3.05, 3.63) is 30.0 Å². The van der Waals surface area contributed by atoms with E-state index in [1.165, 1.54) is 0 Å². The molecule has 7 heteroatoms. The van der Waals surface area contributed by atoms with Gasteiger partial charge in [0.1, 0.15) is 11.4 Å². The fourth-order valence-corrected chi connectivity index (χ4v) is 5.63. The molecular weight excluding hydrogens is 406 g/mol. The summed E-state index contributed by atoms with van der Waals surface area (Å²) in [6.45, 7) is 3.93. The molecule has 5 rings (SSSR count). The van der Waals surface area contributed by atoms with Gasteiger partial charge in [-0.3, -0.25) is 9.59 Å². The number of nitrogens with zero attached hydrogens (tertiary/aromatic N) is 2. The lowest BCUT2D eigenvalue weighted by atomic mass is 9.78. The first-order valence-electron chi connectivity index (χ1n) is 11.9. The van der Waals surface area contributed by atoms with E-state index in [1.54, 1.807) is 7.11 Å². The van der Waals surface area contributed by atoms with Crippen molar-refractivity contribution in [2.45, 2.75) is 50.5 Å². The molecule has 3 saturated heterocycles. The van der Waals surface area contributed by atoms with Crippen LogP contribution in [0.15, 0.2) is 24.3 Å². The van der Waals surface area contributed by atoms with Crippen LogP contribution in [0.3, 0.4) is 0 Å². The zero-order chi connectivity index (χ0) is 22.1. The molecule has 0 bridgehead atoms. The van der Waals surface area contributed by atoms with E-state index in [0.717, 1.165) is 74.9 Å². The molecule has 0 radical (unpaired) electrons. The van der Waals surface area contributed by atoms with Gasteiger partial charge in [-0.15, -0.1) is 0 Å². The van der Waals surface area contributed by atoms with Gasteiger partial charge < -0.3 is 24.3 Å². The van der Waals surface area contributed by atoms with Crippen LogP contribution in [0.5, 0.6) is 5.75 Å². The molecule has 3 fully saturated rings. The van der Waals surface area contributed by atoms with E-state index in [4.69, 9.17) is 9.47 Å². The SMILES string of the molecule is COc1ccc2cc(C(=O)N3CCC4(CC3)CC(CC(=O)N3CCCC3)CCO4)[nH]c2c1. The summed E-state index contributed by atoms with van der Waals surface area (Å²) in [4.78, 5) is 32.9. The fraction of sp³-hybridized carbons (Fsp3) is 0.600. The Bertz CT molecular complexity index is 986. The predicted molar refractivity (Wildman–Crippen MR) is 122 cm³/mol. The minimum atomic E-state index is -0.182. The molecule has 1 spiro atoms. The Morgan fingerprint density at radius 1 is 1.12 bits per heavy atom. The van der Waals surface area contributed by atoms with Gasteiger partial charge in [0.25, 0.3) is 5.91 Å². The smallest absolute Gasteiger partial charge is 0.270 e. The van der Waals surface area contributed by atoms with E-state index in [-0.39, 0.29) is 11.5 Å². The van der Waals surface area contributed by atoms with Crippen LogP contribution in [0.25, 0.3) is 10.9 Å². The largest absolute Gasteiger partial charge is 0.497 e. The average Bonchev–Trinajstić information content (AvgIpc) is 3.49. The van der Waals surface area contributed by atoms with Crippen molar-refractivity contribution >= 4 is 22.7 Å². The number of likely N-dealkylation sites (tertiary alicyclic amines) is 2. The zero-order valence-electron chi connectivity index (χ0n) is 18.9. The van der Waals surface area contributed by atoms with E-state index >= 15 is 0 Å². The Hall–Kier alpha value is -2.54. The Labute approximate surface area is 189 Å². The van der Waals surface area contributed by atoms with Crippen LogP contribution in [-0.4, -0.2) is 72.1 Å². The van der Waals surface area contributed by atoms with Crippen molar-refractivity contribution in [2.75, 3.05) is 39.9 Å². The van der Waals surface area contributed by atoms with Crippen LogP contribution in [0, 0.1) is 5.92 Å². The third kappa shape index (κ3) is 4.22. The lowest BCUT2D eigenvalue weighted by molar-refractivity contribution is -0.140. The number of fused-ring (bicyclic) bond motifs is 1. The molecule has 3 aliphatic rings. The topological polar surface area (TPSA) is 74.9 Å². The lowest BCUT2D eigenvalue weighted by Crippen LogP contribution is -2.51. The maximum Gasteiger partial charge on any atom is 0.270 e. The van der Waals surface area contributed by atoms with E-state index in [9.17, 15) is 9.59 Å². The Balaban J connectivity index is 1.19. The molecular formula is C25H33N3O4. The van der Waals surface area contributed by atoms with Gasteiger partial charge in [0, 0.05) is 56.2 Å². The highest BCUT2D eigenvalue weighted by Crippen LogP contribution is 2.39. The van der Waals surface area contributed by atoms with Crippen molar-refractivity contribution in [1.82, 2.24) is 14.8 Å². The number of amides is 2. The van der Waals surface area contributed by atoms with Crippen LogP contribution < -0.4 is 4.74 Å². The first kappa shape index (κ1) is 21.3. The van der Waals surface area contributed by atoms with Gasteiger partial charge in [-0.1, -0.05) is 0 Å². The maximum atomic E-state index is 13.1. The van der Waals surface area contributed by atoms with Crippen molar-refractivity contribution in [2.24, 2.45) is 5.92 Å². The second-order valence-electron chi connectivity index (χ2n) is 9.61. The molecule has 3 aliphatic heterocycles. The zero-order valence-corrected chi connectivity index (χ0v) is 18.9. The molecule has 1 atom stereocenters. The van der Waals surface area contributed by atoms with E-state index in [2.05, 4.69) is 4.98 Å². The predicted octanol–water partition coefficient (Wildman–Crippen LogP) is 3.59. The van der Waals surface area contributed by atoms with Crippen LogP contribution in [0.1, 0.15) is 55.4 Å². The highest BCUT2D eigenvalue weighted by molar-refractivity contribution is 5.98. The van der Waals surface area contributed by atoms with Crippen molar-refractivity contribution in [1.29, 1.82) is 0 Å². The number of H-pyrrole nitrogens is 1. The molecule has 4 heterocycles. The molecule has 1 aromatic carbocycles. The van der Waals surface area contributed by atoms with E-state index in [0.29, 0.717) is 37.0 Å². The summed E-state index contributed by atoms with van der Waals surface area (Å²) < 4.78 is 11.5. The molecule has 2 amide bonds. The van der Waals surface area contributed by atoms with Gasteiger partial charge >= 0.3 is 0 Å². The summed E-state index contributed by atoms with van der Waals surface area (Å²) in [7, 11) is 1.64. The van der Waals surface area contributed by atoms with Crippen molar-refractivity contribution in [3.8, 4) is 5.75 Å². The number of hydrogen-bond donors (Lipinski definition) is 1. The molecule has 172 valence electrons. The molecule has 32 heavy (non-hydrogen) atoms. The molecule has 1 unspecified atom stereocenters.